The normalized spacial score (nSPS) is 21.3. The van der Waals surface area contributed by atoms with Crippen LogP contribution in [-0.2, 0) is 9.59 Å². The van der Waals surface area contributed by atoms with E-state index in [9.17, 15) is 9.59 Å². The lowest BCUT2D eigenvalue weighted by Gasteiger charge is -2.35. The minimum atomic E-state index is -0.671. The second-order valence-electron chi connectivity index (χ2n) is 5.58. The van der Waals surface area contributed by atoms with Crippen LogP contribution in [0.2, 0.25) is 0 Å². The van der Waals surface area contributed by atoms with E-state index in [0.29, 0.717) is 12.3 Å². The Morgan fingerprint density at radius 1 is 1.30 bits per heavy atom. The number of carbonyl (C=O) groups excluding carboxylic acids is 2. The first-order valence-electron chi connectivity index (χ1n) is 7.77. The predicted molar refractivity (Wildman–Crippen MR) is 91.0 cm³/mol. The Morgan fingerprint density at radius 2 is 2.04 bits per heavy atom. The molecule has 0 saturated carbocycles. The van der Waals surface area contributed by atoms with Gasteiger partial charge in [-0.05, 0) is 12.1 Å². The van der Waals surface area contributed by atoms with E-state index in [4.69, 9.17) is 4.74 Å². The van der Waals surface area contributed by atoms with Crippen molar-refractivity contribution in [1.29, 1.82) is 0 Å². The second kappa shape index (κ2) is 7.23. The van der Waals surface area contributed by atoms with Crippen LogP contribution in [0.15, 0.2) is 24.3 Å². The lowest BCUT2D eigenvalue weighted by molar-refractivity contribution is -0.128. The van der Waals surface area contributed by atoms with Gasteiger partial charge in [-0.3, -0.25) is 14.5 Å². The van der Waals surface area contributed by atoms with E-state index in [1.165, 1.54) is 0 Å². The molecular formula is C16H21N3O3S. The minimum absolute atomic E-state index is 0.0153. The largest absolute Gasteiger partial charge is 0.477 e. The molecule has 0 aliphatic carbocycles. The van der Waals surface area contributed by atoms with Gasteiger partial charge in [0.1, 0.15) is 5.75 Å². The molecule has 2 aliphatic heterocycles. The number of thioether (sulfide) groups is 1. The maximum Gasteiger partial charge on any atom is 0.262 e. The Hall–Kier alpha value is -1.73. The molecule has 1 aromatic rings. The van der Waals surface area contributed by atoms with E-state index in [2.05, 4.69) is 10.2 Å². The van der Waals surface area contributed by atoms with Crippen molar-refractivity contribution in [3.63, 3.8) is 0 Å². The minimum Gasteiger partial charge on any atom is -0.477 e. The highest BCUT2D eigenvalue weighted by Crippen LogP contribution is 2.33. The van der Waals surface area contributed by atoms with Crippen LogP contribution < -0.4 is 15.0 Å². The molecule has 2 amide bonds. The topological polar surface area (TPSA) is 61.9 Å². The third-order valence-corrected chi connectivity index (χ3v) is 5.02. The van der Waals surface area contributed by atoms with Gasteiger partial charge in [0, 0.05) is 31.6 Å². The summed E-state index contributed by atoms with van der Waals surface area (Å²) in [5, 5.41) is 2.59. The highest BCUT2D eigenvalue weighted by molar-refractivity contribution is 7.99. The molecule has 1 atom stereocenters. The van der Waals surface area contributed by atoms with Crippen molar-refractivity contribution in [3.05, 3.63) is 24.3 Å². The zero-order valence-electron chi connectivity index (χ0n) is 13.2. The van der Waals surface area contributed by atoms with Gasteiger partial charge in [0.15, 0.2) is 6.10 Å². The summed E-state index contributed by atoms with van der Waals surface area (Å²) in [7, 11) is 1.57. The maximum absolute atomic E-state index is 12.8. The summed E-state index contributed by atoms with van der Waals surface area (Å²) in [6.45, 7) is 2.50. The van der Waals surface area contributed by atoms with Gasteiger partial charge in [-0.15, -0.1) is 0 Å². The molecule has 0 aromatic heterocycles. The Bertz CT molecular complexity index is 590. The number of anilines is 1. The van der Waals surface area contributed by atoms with Crippen molar-refractivity contribution in [1.82, 2.24) is 10.2 Å². The molecule has 1 saturated heterocycles. The number of para-hydroxylation sites is 2. The summed E-state index contributed by atoms with van der Waals surface area (Å²) in [4.78, 5) is 28.6. The molecule has 0 radical (unpaired) electrons. The fourth-order valence-electron chi connectivity index (χ4n) is 2.80. The maximum atomic E-state index is 12.8. The van der Waals surface area contributed by atoms with Gasteiger partial charge < -0.3 is 15.0 Å². The number of ether oxygens (including phenoxy) is 1. The Labute approximate surface area is 140 Å². The van der Waals surface area contributed by atoms with Crippen LogP contribution >= 0.6 is 11.8 Å². The number of nitrogens with zero attached hydrogens (tertiary/aromatic N) is 2. The molecule has 2 aliphatic rings. The van der Waals surface area contributed by atoms with E-state index in [1.54, 1.807) is 18.0 Å². The Morgan fingerprint density at radius 3 is 2.78 bits per heavy atom. The van der Waals surface area contributed by atoms with Gasteiger partial charge in [0.25, 0.3) is 5.91 Å². The predicted octanol–water partition coefficient (Wildman–Crippen LogP) is 0.575. The van der Waals surface area contributed by atoms with Crippen molar-refractivity contribution < 1.29 is 14.3 Å². The Kier molecular flexibility index (Phi) is 5.07. The van der Waals surface area contributed by atoms with Crippen LogP contribution in [0.1, 0.15) is 0 Å². The highest BCUT2D eigenvalue weighted by atomic mass is 32.2. The number of likely N-dealkylation sites (N-methyl/N-ethyl adjacent to an activating group) is 1. The molecule has 2 heterocycles. The van der Waals surface area contributed by atoms with E-state index >= 15 is 0 Å². The first-order valence-corrected chi connectivity index (χ1v) is 8.92. The van der Waals surface area contributed by atoms with E-state index in [-0.39, 0.29) is 18.4 Å². The molecule has 1 N–H and O–H groups in total. The van der Waals surface area contributed by atoms with Crippen molar-refractivity contribution >= 4 is 29.3 Å². The third kappa shape index (κ3) is 3.61. The molecule has 23 heavy (non-hydrogen) atoms. The summed E-state index contributed by atoms with van der Waals surface area (Å²) in [5.41, 5.74) is 0.740. The van der Waals surface area contributed by atoms with Crippen molar-refractivity contribution in [2.75, 3.05) is 49.6 Å². The summed E-state index contributed by atoms with van der Waals surface area (Å²) in [5.74, 6) is 2.50. The molecule has 124 valence electrons. The smallest absolute Gasteiger partial charge is 0.262 e. The van der Waals surface area contributed by atoms with Crippen LogP contribution in [0, 0.1) is 0 Å². The molecule has 0 unspecified atom stereocenters. The number of carbonyl (C=O) groups is 2. The van der Waals surface area contributed by atoms with Crippen molar-refractivity contribution in [2.45, 2.75) is 6.10 Å². The second-order valence-corrected chi connectivity index (χ2v) is 6.81. The van der Waals surface area contributed by atoms with Gasteiger partial charge >= 0.3 is 0 Å². The summed E-state index contributed by atoms with van der Waals surface area (Å²) >= 11 is 1.92. The van der Waals surface area contributed by atoms with Crippen molar-refractivity contribution in [3.8, 4) is 5.75 Å². The number of benzene rings is 1. The third-order valence-electron chi connectivity index (χ3n) is 4.08. The lowest BCUT2D eigenvalue weighted by atomic mass is 10.1. The summed E-state index contributed by atoms with van der Waals surface area (Å²) in [6, 6.07) is 7.37. The number of hydrogen-bond acceptors (Lipinski definition) is 5. The molecule has 1 fully saturated rings. The van der Waals surface area contributed by atoms with Gasteiger partial charge in [-0.2, -0.15) is 11.8 Å². The SMILES string of the molecule is CNC(=O)[C@H]1CN(C(=O)CN2CCSCC2)c2ccccc2O1. The number of nitrogens with one attached hydrogen (secondary N) is 1. The zero-order valence-corrected chi connectivity index (χ0v) is 14.0. The molecule has 0 spiro atoms. The van der Waals surface area contributed by atoms with Crippen LogP contribution in [0.4, 0.5) is 5.69 Å². The fourth-order valence-corrected chi connectivity index (χ4v) is 3.78. The Balaban J connectivity index is 1.78. The fraction of sp³-hybridized carbons (Fsp3) is 0.500. The van der Waals surface area contributed by atoms with Gasteiger partial charge in [-0.25, -0.2) is 0 Å². The standard InChI is InChI=1S/C16H21N3O3S/c1-17-16(21)14-10-19(12-4-2-3-5-13(12)22-14)15(20)11-18-6-8-23-9-7-18/h2-5,14H,6-11H2,1H3,(H,17,21)/t14-/m1/s1. The number of fused-ring (bicyclic) bond motifs is 1. The first kappa shape index (κ1) is 16.1. The average Bonchev–Trinajstić information content (AvgIpc) is 2.60. The zero-order chi connectivity index (χ0) is 16.2. The van der Waals surface area contributed by atoms with Crippen LogP contribution in [0.3, 0.4) is 0 Å². The van der Waals surface area contributed by atoms with E-state index in [0.717, 1.165) is 30.3 Å². The summed E-state index contributed by atoms with van der Waals surface area (Å²) in [6.07, 6.45) is -0.671. The average molecular weight is 335 g/mol. The van der Waals surface area contributed by atoms with Gasteiger partial charge in [0.05, 0.1) is 18.8 Å². The van der Waals surface area contributed by atoms with Crippen molar-refractivity contribution in [2.24, 2.45) is 0 Å². The quantitative estimate of drug-likeness (QED) is 0.875. The molecular weight excluding hydrogens is 314 g/mol. The highest BCUT2D eigenvalue weighted by Gasteiger charge is 2.33. The summed E-state index contributed by atoms with van der Waals surface area (Å²) < 4.78 is 5.73. The first-order chi connectivity index (χ1) is 11.2. The van der Waals surface area contributed by atoms with E-state index < -0.39 is 6.10 Å². The number of amides is 2. The molecule has 6 nitrogen and oxygen atoms in total. The molecule has 3 rings (SSSR count). The van der Waals surface area contributed by atoms with Crippen LogP contribution in [0.5, 0.6) is 5.75 Å². The van der Waals surface area contributed by atoms with E-state index in [1.807, 2.05) is 30.0 Å². The lowest BCUT2D eigenvalue weighted by Crippen LogP contribution is -2.52. The number of rotatable bonds is 3. The van der Waals surface area contributed by atoms with Gasteiger partial charge in [0.2, 0.25) is 5.91 Å². The van der Waals surface area contributed by atoms with Gasteiger partial charge in [-0.1, -0.05) is 12.1 Å². The molecule has 0 bridgehead atoms. The monoisotopic (exact) mass is 335 g/mol. The molecule has 1 aromatic carbocycles. The van der Waals surface area contributed by atoms with Crippen LogP contribution in [-0.4, -0.2) is 67.6 Å². The molecule has 7 heteroatoms. The number of hydrogen-bond donors (Lipinski definition) is 1. The van der Waals surface area contributed by atoms with Crippen LogP contribution in [0.25, 0.3) is 0 Å².